The van der Waals surface area contributed by atoms with Crippen molar-refractivity contribution < 1.29 is 29.1 Å². The first-order chi connectivity index (χ1) is 13.4. The van der Waals surface area contributed by atoms with Crippen molar-refractivity contribution in [1.29, 1.82) is 0 Å². The van der Waals surface area contributed by atoms with E-state index >= 15 is 0 Å². The average Bonchev–Trinajstić information content (AvgIpc) is 2.61. The van der Waals surface area contributed by atoms with Crippen LogP contribution in [0.3, 0.4) is 0 Å². The normalized spacial score (nSPS) is 15.0. The number of carboxylic acid groups (broad SMARTS) is 1. The fourth-order valence-corrected chi connectivity index (χ4v) is 2.56. The van der Waals surface area contributed by atoms with Crippen molar-refractivity contribution in [3.05, 3.63) is 0 Å². The van der Waals surface area contributed by atoms with Gasteiger partial charge < -0.3 is 32.5 Å². The molecule has 0 heterocycles. The fourth-order valence-electron chi connectivity index (χ4n) is 2.31. The molecule has 12 heteroatoms. The van der Waals surface area contributed by atoms with Crippen LogP contribution in [-0.4, -0.2) is 64.6 Å². The van der Waals surface area contributed by atoms with Crippen LogP contribution < -0.4 is 27.4 Å². The van der Waals surface area contributed by atoms with E-state index in [1.54, 1.807) is 0 Å². The number of hydrogen-bond donors (Lipinski definition) is 7. The predicted octanol–water partition coefficient (Wildman–Crippen LogP) is -1.89. The van der Waals surface area contributed by atoms with Gasteiger partial charge in [-0.05, 0) is 25.7 Å². The first-order valence-electron chi connectivity index (χ1n) is 9.17. The Morgan fingerprint density at radius 1 is 0.931 bits per heavy atom. The minimum absolute atomic E-state index is 0.140. The van der Waals surface area contributed by atoms with Crippen LogP contribution in [0.2, 0.25) is 0 Å². The lowest BCUT2D eigenvalue weighted by Gasteiger charge is -2.23. The molecule has 0 saturated carbocycles. The second-order valence-corrected chi connectivity index (χ2v) is 7.48. The monoisotopic (exact) mass is 433 g/mol. The SMILES string of the molecule is CC(C)CC(N)C(=O)NC(C)C(=O)NC(CCC(N)=O)C(=O)NC(CS)C(=O)O. The van der Waals surface area contributed by atoms with Crippen LogP contribution in [0.25, 0.3) is 0 Å². The number of thiol groups is 1. The number of primary amides is 1. The largest absolute Gasteiger partial charge is 0.480 e. The number of carboxylic acids is 1. The van der Waals surface area contributed by atoms with Gasteiger partial charge in [0.15, 0.2) is 0 Å². The Kier molecular flexibility index (Phi) is 11.9. The van der Waals surface area contributed by atoms with E-state index in [9.17, 15) is 24.0 Å². The van der Waals surface area contributed by atoms with Gasteiger partial charge in [-0.15, -0.1) is 0 Å². The molecule has 166 valence electrons. The molecule has 0 aromatic carbocycles. The molecule has 11 nitrogen and oxygen atoms in total. The number of aliphatic carboxylic acids is 1. The molecule has 0 radical (unpaired) electrons. The molecule has 4 amide bonds. The maximum absolute atomic E-state index is 12.4. The lowest BCUT2D eigenvalue weighted by molar-refractivity contribution is -0.141. The minimum atomic E-state index is -1.30. The Morgan fingerprint density at radius 2 is 1.48 bits per heavy atom. The summed E-state index contributed by atoms with van der Waals surface area (Å²) in [5, 5.41) is 16.1. The van der Waals surface area contributed by atoms with Crippen LogP contribution in [0.15, 0.2) is 0 Å². The summed E-state index contributed by atoms with van der Waals surface area (Å²) >= 11 is 3.85. The van der Waals surface area contributed by atoms with Gasteiger partial charge in [-0.3, -0.25) is 19.2 Å². The van der Waals surface area contributed by atoms with Gasteiger partial charge in [-0.1, -0.05) is 13.8 Å². The predicted molar refractivity (Wildman–Crippen MR) is 109 cm³/mol. The molecule has 0 spiro atoms. The highest BCUT2D eigenvalue weighted by Gasteiger charge is 2.28. The fraction of sp³-hybridized carbons (Fsp3) is 0.706. The van der Waals surface area contributed by atoms with Gasteiger partial charge >= 0.3 is 5.97 Å². The molecule has 4 atom stereocenters. The Balaban J connectivity index is 5.05. The molecule has 0 aromatic heterocycles. The average molecular weight is 434 g/mol. The second-order valence-electron chi connectivity index (χ2n) is 7.11. The summed E-state index contributed by atoms with van der Waals surface area (Å²) in [5.41, 5.74) is 10.9. The molecular weight excluding hydrogens is 402 g/mol. The van der Waals surface area contributed by atoms with E-state index in [1.165, 1.54) is 6.92 Å². The van der Waals surface area contributed by atoms with Crippen LogP contribution in [0.4, 0.5) is 0 Å². The van der Waals surface area contributed by atoms with E-state index in [4.69, 9.17) is 16.6 Å². The topological polar surface area (TPSA) is 194 Å². The first-order valence-corrected chi connectivity index (χ1v) is 9.80. The Morgan fingerprint density at radius 3 is 1.93 bits per heavy atom. The maximum atomic E-state index is 12.4. The van der Waals surface area contributed by atoms with Crippen molar-refractivity contribution >= 4 is 42.2 Å². The number of rotatable bonds is 13. The molecule has 0 aromatic rings. The Bertz CT molecular complexity index is 615. The third-order valence-electron chi connectivity index (χ3n) is 3.92. The number of nitrogens with one attached hydrogen (secondary N) is 3. The smallest absolute Gasteiger partial charge is 0.327 e. The van der Waals surface area contributed by atoms with Crippen molar-refractivity contribution in [2.75, 3.05) is 5.75 Å². The molecule has 0 fully saturated rings. The van der Waals surface area contributed by atoms with Gasteiger partial charge in [0.1, 0.15) is 18.1 Å². The van der Waals surface area contributed by atoms with Crippen molar-refractivity contribution in [2.24, 2.45) is 17.4 Å². The van der Waals surface area contributed by atoms with Crippen LogP contribution in [0.1, 0.15) is 40.0 Å². The van der Waals surface area contributed by atoms with E-state index in [0.717, 1.165) is 0 Å². The van der Waals surface area contributed by atoms with Crippen LogP contribution >= 0.6 is 12.6 Å². The van der Waals surface area contributed by atoms with Gasteiger partial charge in [0.2, 0.25) is 23.6 Å². The molecule has 29 heavy (non-hydrogen) atoms. The van der Waals surface area contributed by atoms with E-state index < -0.39 is 53.8 Å². The molecule has 4 unspecified atom stereocenters. The van der Waals surface area contributed by atoms with Crippen molar-refractivity contribution in [3.63, 3.8) is 0 Å². The maximum Gasteiger partial charge on any atom is 0.327 e. The number of amides is 4. The molecule has 0 saturated heterocycles. The highest BCUT2D eigenvalue weighted by atomic mass is 32.1. The minimum Gasteiger partial charge on any atom is -0.480 e. The van der Waals surface area contributed by atoms with E-state index in [2.05, 4.69) is 28.6 Å². The Labute approximate surface area is 175 Å². The van der Waals surface area contributed by atoms with E-state index in [-0.39, 0.29) is 24.5 Å². The van der Waals surface area contributed by atoms with E-state index in [0.29, 0.717) is 6.42 Å². The zero-order valence-electron chi connectivity index (χ0n) is 16.8. The van der Waals surface area contributed by atoms with Gasteiger partial charge in [-0.2, -0.15) is 12.6 Å². The van der Waals surface area contributed by atoms with Crippen molar-refractivity contribution in [3.8, 4) is 0 Å². The summed E-state index contributed by atoms with van der Waals surface area (Å²) in [7, 11) is 0. The summed E-state index contributed by atoms with van der Waals surface area (Å²) < 4.78 is 0. The summed E-state index contributed by atoms with van der Waals surface area (Å²) in [6.07, 6.45) is 0.0838. The standard InChI is InChI=1S/C17H31N5O6S/c1-8(2)6-10(18)15(25)20-9(3)14(24)21-11(4-5-13(19)23)16(26)22-12(7-29)17(27)28/h8-12,29H,4-7,18H2,1-3H3,(H2,19,23)(H,20,25)(H,21,24)(H,22,26)(H,27,28). The molecule has 8 N–H and O–H groups in total. The van der Waals surface area contributed by atoms with Crippen molar-refractivity contribution in [2.45, 2.75) is 64.2 Å². The zero-order valence-corrected chi connectivity index (χ0v) is 17.7. The summed E-state index contributed by atoms with van der Waals surface area (Å²) in [6.45, 7) is 5.22. The molecule has 0 rings (SSSR count). The van der Waals surface area contributed by atoms with Gasteiger partial charge in [0, 0.05) is 12.2 Å². The third kappa shape index (κ3) is 10.7. The molecule has 0 bridgehead atoms. The number of carbonyl (C=O) groups excluding carboxylic acids is 4. The highest BCUT2D eigenvalue weighted by Crippen LogP contribution is 2.04. The molecular formula is C17H31N5O6S. The van der Waals surface area contributed by atoms with Gasteiger partial charge in [0.05, 0.1) is 6.04 Å². The summed E-state index contributed by atoms with van der Waals surface area (Å²) in [6, 6.07) is -4.29. The zero-order chi connectivity index (χ0) is 22.7. The summed E-state index contributed by atoms with van der Waals surface area (Å²) in [4.78, 5) is 58.9. The molecule has 0 aliphatic heterocycles. The summed E-state index contributed by atoms with van der Waals surface area (Å²) in [5.74, 6) is -3.99. The second kappa shape index (κ2) is 13.0. The van der Waals surface area contributed by atoms with Gasteiger partial charge in [0.25, 0.3) is 0 Å². The first kappa shape index (κ1) is 26.7. The van der Waals surface area contributed by atoms with Crippen LogP contribution in [-0.2, 0) is 24.0 Å². The quantitative estimate of drug-likeness (QED) is 0.165. The number of carbonyl (C=O) groups is 5. The third-order valence-corrected chi connectivity index (χ3v) is 4.29. The number of hydrogen-bond acceptors (Lipinski definition) is 7. The highest BCUT2D eigenvalue weighted by molar-refractivity contribution is 7.80. The number of nitrogens with two attached hydrogens (primary N) is 2. The van der Waals surface area contributed by atoms with Crippen LogP contribution in [0, 0.1) is 5.92 Å². The van der Waals surface area contributed by atoms with Crippen LogP contribution in [0.5, 0.6) is 0 Å². The van der Waals surface area contributed by atoms with Crippen molar-refractivity contribution in [1.82, 2.24) is 16.0 Å². The molecule has 0 aliphatic carbocycles. The van der Waals surface area contributed by atoms with Gasteiger partial charge in [-0.25, -0.2) is 4.79 Å². The lowest BCUT2D eigenvalue weighted by atomic mass is 10.0. The lowest BCUT2D eigenvalue weighted by Crippen LogP contribution is -2.56. The Hall–Kier alpha value is -2.34. The van der Waals surface area contributed by atoms with E-state index in [1.807, 2.05) is 13.8 Å². The molecule has 0 aliphatic rings.